The van der Waals surface area contributed by atoms with Crippen molar-refractivity contribution in [1.29, 1.82) is 0 Å². The molecule has 0 spiro atoms. The third kappa shape index (κ3) is 2.14. The van der Waals surface area contributed by atoms with Crippen LogP contribution < -0.4 is 0 Å². The highest BCUT2D eigenvalue weighted by molar-refractivity contribution is 6.10. The smallest absolute Gasteiger partial charge is 0.123 e. The molecule has 0 saturated heterocycles. The minimum atomic E-state index is -0.203. The molecular formula is C13H14FN. The van der Waals surface area contributed by atoms with E-state index < -0.39 is 0 Å². The van der Waals surface area contributed by atoms with Gasteiger partial charge in [0, 0.05) is 0 Å². The van der Waals surface area contributed by atoms with E-state index in [2.05, 4.69) is 24.9 Å². The number of aliphatic imine (C=N–C) groups is 1. The zero-order valence-electron chi connectivity index (χ0n) is 9.00. The lowest BCUT2D eigenvalue weighted by atomic mass is 10.0. The Morgan fingerprint density at radius 2 is 1.87 bits per heavy atom. The highest BCUT2D eigenvalue weighted by atomic mass is 19.1. The van der Waals surface area contributed by atoms with Gasteiger partial charge in [-0.05, 0) is 47.4 Å². The normalized spacial score (nSPS) is 15.5. The average molecular weight is 203 g/mol. The van der Waals surface area contributed by atoms with E-state index in [9.17, 15) is 4.39 Å². The molecule has 0 amide bonds. The van der Waals surface area contributed by atoms with Gasteiger partial charge in [0.25, 0.3) is 0 Å². The van der Waals surface area contributed by atoms with Crippen LogP contribution in [0.1, 0.15) is 19.4 Å². The molecule has 2 rings (SSSR count). The molecule has 1 aliphatic rings. The van der Waals surface area contributed by atoms with E-state index in [-0.39, 0.29) is 5.82 Å². The molecule has 15 heavy (non-hydrogen) atoms. The molecule has 0 bridgehead atoms. The lowest BCUT2D eigenvalue weighted by molar-refractivity contribution is 0.628. The van der Waals surface area contributed by atoms with Crippen LogP contribution in [0, 0.1) is 11.7 Å². The van der Waals surface area contributed by atoms with E-state index in [4.69, 9.17) is 0 Å². The predicted molar refractivity (Wildman–Crippen MR) is 60.7 cm³/mol. The zero-order valence-corrected chi connectivity index (χ0v) is 9.00. The first kappa shape index (κ1) is 10.1. The fourth-order valence-electron chi connectivity index (χ4n) is 1.59. The molecule has 0 saturated carbocycles. The van der Waals surface area contributed by atoms with Crippen LogP contribution in [0.5, 0.6) is 0 Å². The van der Waals surface area contributed by atoms with Gasteiger partial charge >= 0.3 is 0 Å². The third-order valence-electron chi connectivity index (χ3n) is 2.64. The second-order valence-electron chi connectivity index (χ2n) is 4.08. The van der Waals surface area contributed by atoms with Crippen LogP contribution in [0.3, 0.4) is 0 Å². The van der Waals surface area contributed by atoms with Crippen LogP contribution >= 0.6 is 0 Å². The van der Waals surface area contributed by atoms with Gasteiger partial charge in [-0.3, -0.25) is 4.99 Å². The second-order valence-corrected chi connectivity index (χ2v) is 4.08. The Kier molecular flexibility index (Phi) is 2.67. The highest BCUT2D eigenvalue weighted by Gasteiger charge is 2.12. The van der Waals surface area contributed by atoms with E-state index in [1.165, 1.54) is 17.7 Å². The standard InChI is InChI=1S/C13H14FN/c1-9(2)11-7-13(15-8-11)10-3-5-12(14)6-4-10/h3-7,9H,8H2,1-2H3. The first-order valence-corrected chi connectivity index (χ1v) is 5.17. The van der Waals surface area contributed by atoms with Gasteiger partial charge < -0.3 is 0 Å². The van der Waals surface area contributed by atoms with Crippen molar-refractivity contribution in [2.75, 3.05) is 6.54 Å². The maximum atomic E-state index is 12.7. The van der Waals surface area contributed by atoms with Crippen LogP contribution in [-0.4, -0.2) is 12.3 Å². The Hall–Kier alpha value is -1.44. The van der Waals surface area contributed by atoms with Crippen molar-refractivity contribution in [3.05, 3.63) is 47.3 Å². The predicted octanol–water partition coefficient (Wildman–Crippen LogP) is 3.21. The van der Waals surface area contributed by atoms with Gasteiger partial charge in [-0.15, -0.1) is 0 Å². The Balaban J connectivity index is 2.23. The maximum absolute atomic E-state index is 12.7. The first-order chi connectivity index (χ1) is 7.16. The molecule has 78 valence electrons. The summed E-state index contributed by atoms with van der Waals surface area (Å²) in [5, 5.41) is 0. The summed E-state index contributed by atoms with van der Waals surface area (Å²) < 4.78 is 12.7. The lowest BCUT2D eigenvalue weighted by Gasteiger charge is -2.02. The minimum Gasteiger partial charge on any atom is -0.280 e. The van der Waals surface area contributed by atoms with Crippen LogP contribution in [0.25, 0.3) is 0 Å². The molecule has 1 aliphatic heterocycles. The zero-order chi connectivity index (χ0) is 10.8. The van der Waals surface area contributed by atoms with E-state index in [1.807, 2.05) is 0 Å². The molecule has 0 unspecified atom stereocenters. The Bertz CT molecular complexity index is 413. The van der Waals surface area contributed by atoms with E-state index in [1.54, 1.807) is 12.1 Å². The Morgan fingerprint density at radius 3 is 2.40 bits per heavy atom. The number of hydrogen-bond acceptors (Lipinski definition) is 1. The largest absolute Gasteiger partial charge is 0.280 e. The van der Waals surface area contributed by atoms with Gasteiger partial charge in [0.1, 0.15) is 5.82 Å². The van der Waals surface area contributed by atoms with E-state index in [0.717, 1.165) is 17.8 Å². The van der Waals surface area contributed by atoms with Gasteiger partial charge in [-0.2, -0.15) is 0 Å². The summed E-state index contributed by atoms with van der Waals surface area (Å²) >= 11 is 0. The molecule has 1 aromatic carbocycles. The van der Waals surface area contributed by atoms with Gasteiger partial charge in [-0.25, -0.2) is 4.39 Å². The molecule has 0 fully saturated rings. The van der Waals surface area contributed by atoms with Gasteiger partial charge in [0.05, 0.1) is 12.3 Å². The SMILES string of the molecule is CC(C)C1=CC(c2ccc(F)cc2)=NC1. The van der Waals surface area contributed by atoms with Crippen LogP contribution in [0.2, 0.25) is 0 Å². The Morgan fingerprint density at radius 1 is 1.20 bits per heavy atom. The molecule has 0 N–H and O–H groups in total. The highest BCUT2D eigenvalue weighted by Crippen LogP contribution is 2.18. The van der Waals surface area contributed by atoms with Crippen LogP contribution in [0.4, 0.5) is 4.39 Å². The van der Waals surface area contributed by atoms with Crippen molar-refractivity contribution in [2.24, 2.45) is 10.9 Å². The van der Waals surface area contributed by atoms with Gasteiger partial charge in [0.2, 0.25) is 0 Å². The van der Waals surface area contributed by atoms with Crippen molar-refractivity contribution in [2.45, 2.75) is 13.8 Å². The summed E-state index contributed by atoms with van der Waals surface area (Å²) in [6, 6.07) is 6.49. The van der Waals surface area contributed by atoms with E-state index >= 15 is 0 Å². The number of halogens is 1. The van der Waals surface area contributed by atoms with Crippen molar-refractivity contribution in [1.82, 2.24) is 0 Å². The quantitative estimate of drug-likeness (QED) is 0.700. The van der Waals surface area contributed by atoms with Crippen molar-refractivity contribution in [3.8, 4) is 0 Å². The Labute approximate surface area is 89.4 Å². The minimum absolute atomic E-state index is 0.203. The molecule has 1 aromatic rings. The summed E-state index contributed by atoms with van der Waals surface area (Å²) in [6.07, 6.45) is 2.11. The van der Waals surface area contributed by atoms with Crippen molar-refractivity contribution >= 4 is 5.71 Å². The number of benzene rings is 1. The van der Waals surface area contributed by atoms with E-state index in [0.29, 0.717) is 5.92 Å². The van der Waals surface area contributed by atoms with Gasteiger partial charge in [0.15, 0.2) is 0 Å². The summed E-state index contributed by atoms with van der Waals surface area (Å²) in [5.41, 5.74) is 3.31. The molecule has 0 atom stereocenters. The van der Waals surface area contributed by atoms with Crippen molar-refractivity contribution in [3.63, 3.8) is 0 Å². The summed E-state index contributed by atoms with van der Waals surface area (Å²) in [7, 11) is 0. The van der Waals surface area contributed by atoms with Crippen molar-refractivity contribution < 1.29 is 4.39 Å². The molecule has 0 aromatic heterocycles. The summed E-state index contributed by atoms with van der Waals surface area (Å²) in [4.78, 5) is 4.44. The molecule has 0 radical (unpaired) electrons. The van der Waals surface area contributed by atoms with Gasteiger partial charge in [-0.1, -0.05) is 13.8 Å². The van der Waals surface area contributed by atoms with Crippen LogP contribution in [0.15, 0.2) is 40.9 Å². The topological polar surface area (TPSA) is 12.4 Å². The second kappa shape index (κ2) is 3.97. The fraction of sp³-hybridized carbons (Fsp3) is 0.308. The number of allylic oxidation sites excluding steroid dienone is 1. The molecular weight excluding hydrogens is 189 g/mol. The fourth-order valence-corrected chi connectivity index (χ4v) is 1.59. The summed E-state index contributed by atoms with van der Waals surface area (Å²) in [6.45, 7) is 5.11. The third-order valence-corrected chi connectivity index (χ3v) is 2.64. The first-order valence-electron chi connectivity index (χ1n) is 5.17. The average Bonchev–Trinajstić information content (AvgIpc) is 2.68. The monoisotopic (exact) mass is 203 g/mol. The number of rotatable bonds is 2. The lowest BCUT2D eigenvalue weighted by Crippen LogP contribution is -1.95. The number of nitrogens with zero attached hydrogens (tertiary/aromatic N) is 1. The molecule has 2 heteroatoms. The molecule has 0 aliphatic carbocycles. The van der Waals surface area contributed by atoms with Crippen LogP contribution in [-0.2, 0) is 0 Å². The maximum Gasteiger partial charge on any atom is 0.123 e. The number of hydrogen-bond donors (Lipinski definition) is 0. The summed E-state index contributed by atoms with van der Waals surface area (Å²) in [5.74, 6) is 0.331. The molecule has 1 heterocycles. The molecule has 1 nitrogen and oxygen atoms in total.